The minimum Gasteiger partial charge on any atom is -0.307 e. The molecule has 2 aliphatic rings. The van der Waals surface area contributed by atoms with Crippen molar-refractivity contribution in [3.8, 4) is 0 Å². The monoisotopic (exact) mass is 190 g/mol. The molecule has 0 aliphatic carbocycles. The maximum absolute atomic E-state index is 4.29. The van der Waals surface area contributed by atoms with Crippen LogP contribution in [0.3, 0.4) is 0 Å². The predicted molar refractivity (Wildman–Crippen MR) is 53.5 cm³/mol. The van der Waals surface area contributed by atoms with Crippen LogP contribution in [0.1, 0.15) is 25.1 Å². The maximum Gasteiger partial charge on any atom is 0.153 e. The number of nitrogens with zero attached hydrogens (tertiary/aromatic N) is 3. The van der Waals surface area contributed by atoms with Gasteiger partial charge in [0.1, 0.15) is 6.33 Å². The van der Waals surface area contributed by atoms with Crippen molar-refractivity contribution < 1.29 is 0 Å². The van der Waals surface area contributed by atoms with E-state index in [2.05, 4.69) is 21.5 Å². The zero-order valence-corrected chi connectivity index (χ0v) is 8.27. The summed E-state index contributed by atoms with van der Waals surface area (Å²) >= 11 is 0. The molecule has 4 heteroatoms. The van der Waals surface area contributed by atoms with Crippen LogP contribution in [0.5, 0.6) is 0 Å². The van der Waals surface area contributed by atoms with Gasteiger partial charge in [-0.2, -0.15) is 5.10 Å². The molecule has 0 amide bonds. The van der Waals surface area contributed by atoms with Gasteiger partial charge < -0.3 is 5.32 Å². The smallest absolute Gasteiger partial charge is 0.153 e. The molecule has 1 aromatic heterocycles. The lowest BCUT2D eigenvalue weighted by Crippen LogP contribution is -2.32. The Kier molecular flexibility index (Phi) is 1.70. The molecule has 1 saturated heterocycles. The van der Waals surface area contributed by atoms with Crippen molar-refractivity contribution in [1.82, 2.24) is 20.1 Å². The van der Waals surface area contributed by atoms with Crippen LogP contribution in [0, 0.1) is 0 Å². The van der Waals surface area contributed by atoms with Gasteiger partial charge in [-0.25, -0.2) is 9.67 Å². The fourth-order valence-electron chi connectivity index (χ4n) is 2.47. The van der Waals surface area contributed by atoms with Gasteiger partial charge in [0.05, 0.1) is 0 Å². The second kappa shape index (κ2) is 2.92. The molecule has 74 valence electrons. The number of rotatable bonds is 1. The van der Waals surface area contributed by atoms with E-state index in [1.807, 2.05) is 11.7 Å². The van der Waals surface area contributed by atoms with E-state index in [0.717, 1.165) is 12.2 Å². The van der Waals surface area contributed by atoms with Crippen LogP contribution in [-0.4, -0.2) is 26.8 Å². The first kappa shape index (κ1) is 8.17. The van der Waals surface area contributed by atoms with E-state index >= 15 is 0 Å². The summed E-state index contributed by atoms with van der Waals surface area (Å²) < 4.78 is 1.86. The Morgan fingerprint density at radius 1 is 1.50 bits per heavy atom. The number of fused-ring (bicyclic) bond motifs is 2. The zero-order valence-electron chi connectivity index (χ0n) is 8.27. The molecule has 2 atom stereocenters. The normalized spacial score (nSPS) is 30.5. The van der Waals surface area contributed by atoms with Gasteiger partial charge in [0.25, 0.3) is 0 Å². The van der Waals surface area contributed by atoms with E-state index in [1.165, 1.54) is 18.4 Å². The van der Waals surface area contributed by atoms with Gasteiger partial charge in [-0.05, 0) is 24.8 Å². The van der Waals surface area contributed by atoms with Crippen molar-refractivity contribution in [2.75, 3.05) is 0 Å². The van der Waals surface area contributed by atoms with Crippen LogP contribution in [-0.2, 0) is 7.05 Å². The molecular formula is C10H14N4. The summed E-state index contributed by atoms with van der Waals surface area (Å²) in [6.07, 6.45) is 7.60. The van der Waals surface area contributed by atoms with Gasteiger partial charge in [-0.3, -0.25) is 0 Å². The highest BCUT2D eigenvalue weighted by Crippen LogP contribution is 2.30. The van der Waals surface area contributed by atoms with Crippen LogP contribution >= 0.6 is 0 Å². The second-order valence-electron chi connectivity index (χ2n) is 4.15. The van der Waals surface area contributed by atoms with Gasteiger partial charge in [0, 0.05) is 19.1 Å². The van der Waals surface area contributed by atoms with Crippen molar-refractivity contribution in [2.45, 2.75) is 31.3 Å². The molecule has 0 saturated carbocycles. The minimum absolute atomic E-state index is 0.570. The summed E-state index contributed by atoms with van der Waals surface area (Å²) in [5.41, 5.74) is 1.36. The van der Waals surface area contributed by atoms with Crippen LogP contribution in [0.4, 0.5) is 0 Å². The summed E-state index contributed by atoms with van der Waals surface area (Å²) in [7, 11) is 1.95. The Hall–Kier alpha value is -1.16. The number of aryl methyl sites for hydroxylation is 1. The fourth-order valence-corrected chi connectivity index (χ4v) is 2.47. The highest BCUT2D eigenvalue weighted by Gasteiger charge is 2.29. The Bertz CT molecular complexity index is 379. The molecule has 3 rings (SSSR count). The summed E-state index contributed by atoms with van der Waals surface area (Å²) in [4.78, 5) is 4.29. The van der Waals surface area contributed by atoms with Crippen molar-refractivity contribution in [3.05, 3.63) is 18.2 Å². The lowest BCUT2D eigenvalue weighted by atomic mass is 10.0. The lowest BCUT2D eigenvalue weighted by Gasteiger charge is -2.20. The number of aromatic nitrogens is 3. The molecule has 1 aromatic rings. The Morgan fingerprint density at radius 2 is 2.43 bits per heavy atom. The molecule has 3 heterocycles. The Morgan fingerprint density at radius 3 is 3.14 bits per heavy atom. The fraction of sp³-hybridized carbons (Fsp3) is 0.600. The molecule has 1 fully saturated rings. The maximum atomic E-state index is 4.29. The largest absolute Gasteiger partial charge is 0.307 e. The standard InChI is InChI=1S/C10H14N4/c1-14-10(11-6-12-14)7-4-8-2-3-9(5-7)13-8/h4,6,8-9,13H,2-3,5H2,1H3. The van der Waals surface area contributed by atoms with Crippen LogP contribution in [0.25, 0.3) is 5.57 Å². The summed E-state index contributed by atoms with van der Waals surface area (Å²) in [5, 5.41) is 7.67. The average molecular weight is 190 g/mol. The van der Waals surface area contributed by atoms with Gasteiger partial charge in [0.15, 0.2) is 5.82 Å². The van der Waals surface area contributed by atoms with Gasteiger partial charge >= 0.3 is 0 Å². The van der Waals surface area contributed by atoms with E-state index in [1.54, 1.807) is 6.33 Å². The Balaban J connectivity index is 1.96. The number of hydrogen-bond donors (Lipinski definition) is 1. The third-order valence-electron chi connectivity index (χ3n) is 3.14. The first-order valence-corrected chi connectivity index (χ1v) is 5.14. The second-order valence-corrected chi connectivity index (χ2v) is 4.15. The highest BCUT2D eigenvalue weighted by atomic mass is 15.3. The first-order valence-electron chi connectivity index (χ1n) is 5.14. The third kappa shape index (κ3) is 1.18. The van der Waals surface area contributed by atoms with Gasteiger partial charge in [-0.15, -0.1) is 0 Å². The third-order valence-corrected chi connectivity index (χ3v) is 3.14. The molecule has 2 bridgehead atoms. The molecule has 4 nitrogen and oxygen atoms in total. The number of hydrogen-bond acceptors (Lipinski definition) is 3. The quantitative estimate of drug-likeness (QED) is 0.709. The van der Waals surface area contributed by atoms with E-state index < -0.39 is 0 Å². The highest BCUT2D eigenvalue weighted by molar-refractivity contribution is 5.62. The van der Waals surface area contributed by atoms with E-state index in [9.17, 15) is 0 Å². The van der Waals surface area contributed by atoms with E-state index in [-0.39, 0.29) is 0 Å². The predicted octanol–water partition coefficient (Wildman–Crippen LogP) is 0.723. The molecular weight excluding hydrogens is 176 g/mol. The minimum atomic E-state index is 0.570. The van der Waals surface area contributed by atoms with Crippen molar-refractivity contribution in [1.29, 1.82) is 0 Å². The van der Waals surface area contributed by atoms with Gasteiger partial charge in [-0.1, -0.05) is 6.08 Å². The molecule has 0 radical (unpaired) electrons. The van der Waals surface area contributed by atoms with E-state index in [4.69, 9.17) is 0 Å². The van der Waals surface area contributed by atoms with Crippen molar-refractivity contribution in [3.63, 3.8) is 0 Å². The van der Waals surface area contributed by atoms with Crippen LogP contribution in [0.15, 0.2) is 12.4 Å². The molecule has 2 unspecified atom stereocenters. The lowest BCUT2D eigenvalue weighted by molar-refractivity contribution is 0.570. The molecule has 2 aliphatic heterocycles. The van der Waals surface area contributed by atoms with Crippen LogP contribution in [0.2, 0.25) is 0 Å². The topological polar surface area (TPSA) is 42.7 Å². The summed E-state index contributed by atoms with van der Waals surface area (Å²) in [5.74, 6) is 1.03. The SMILES string of the molecule is Cn1ncnc1C1=CC2CCC(C1)N2. The van der Waals surface area contributed by atoms with E-state index in [0.29, 0.717) is 12.1 Å². The molecule has 1 N–H and O–H groups in total. The molecule has 0 aromatic carbocycles. The van der Waals surface area contributed by atoms with Gasteiger partial charge in [0.2, 0.25) is 0 Å². The number of nitrogens with one attached hydrogen (secondary N) is 1. The Labute approximate surface area is 83.0 Å². The average Bonchev–Trinajstić information content (AvgIpc) is 2.73. The molecule has 14 heavy (non-hydrogen) atoms. The zero-order chi connectivity index (χ0) is 9.54. The molecule has 0 spiro atoms. The summed E-state index contributed by atoms with van der Waals surface area (Å²) in [6, 6.07) is 1.23. The van der Waals surface area contributed by atoms with Crippen molar-refractivity contribution >= 4 is 5.57 Å². The first-order chi connectivity index (χ1) is 6.83. The van der Waals surface area contributed by atoms with Crippen LogP contribution < -0.4 is 5.32 Å². The van der Waals surface area contributed by atoms with Crippen molar-refractivity contribution in [2.24, 2.45) is 7.05 Å². The summed E-state index contributed by atoms with van der Waals surface area (Å²) in [6.45, 7) is 0.